The first-order valence-corrected chi connectivity index (χ1v) is 7.62. The van der Waals surface area contributed by atoms with E-state index in [0.29, 0.717) is 12.8 Å². The SMILES string of the molecule is CN(C(=O)C1C=CC(N)C1)C1CCS(=O)(=O)C1. The number of carbonyl (C=O) groups is 1. The van der Waals surface area contributed by atoms with E-state index in [2.05, 4.69) is 0 Å². The molecule has 0 aromatic rings. The molecular weight excluding hydrogens is 240 g/mol. The monoisotopic (exact) mass is 258 g/mol. The number of hydrogen-bond donors (Lipinski definition) is 1. The highest BCUT2D eigenvalue weighted by Crippen LogP contribution is 2.23. The number of amides is 1. The highest BCUT2D eigenvalue weighted by atomic mass is 32.2. The van der Waals surface area contributed by atoms with Gasteiger partial charge >= 0.3 is 0 Å². The highest BCUT2D eigenvalue weighted by molar-refractivity contribution is 7.91. The zero-order valence-electron chi connectivity index (χ0n) is 9.87. The predicted molar refractivity (Wildman–Crippen MR) is 65.1 cm³/mol. The van der Waals surface area contributed by atoms with Crippen molar-refractivity contribution in [1.29, 1.82) is 0 Å². The van der Waals surface area contributed by atoms with Crippen LogP contribution in [0.2, 0.25) is 0 Å². The summed E-state index contributed by atoms with van der Waals surface area (Å²) in [4.78, 5) is 13.7. The first-order valence-electron chi connectivity index (χ1n) is 5.80. The Morgan fingerprint density at radius 3 is 2.59 bits per heavy atom. The van der Waals surface area contributed by atoms with E-state index in [1.807, 2.05) is 12.2 Å². The number of hydrogen-bond acceptors (Lipinski definition) is 4. The molecule has 2 aliphatic rings. The number of rotatable bonds is 2. The van der Waals surface area contributed by atoms with E-state index in [1.54, 1.807) is 11.9 Å². The van der Waals surface area contributed by atoms with Crippen molar-refractivity contribution < 1.29 is 13.2 Å². The average molecular weight is 258 g/mol. The van der Waals surface area contributed by atoms with Gasteiger partial charge in [-0.1, -0.05) is 12.2 Å². The van der Waals surface area contributed by atoms with Gasteiger partial charge in [0.05, 0.1) is 17.4 Å². The minimum absolute atomic E-state index is 0.0173. The van der Waals surface area contributed by atoms with E-state index in [9.17, 15) is 13.2 Å². The Morgan fingerprint density at radius 1 is 1.41 bits per heavy atom. The fourth-order valence-corrected chi connectivity index (χ4v) is 4.21. The normalized spacial score (nSPS) is 35.1. The Morgan fingerprint density at radius 2 is 2.12 bits per heavy atom. The van der Waals surface area contributed by atoms with Crippen molar-refractivity contribution in [2.75, 3.05) is 18.6 Å². The molecule has 1 heterocycles. The Hall–Kier alpha value is -0.880. The maximum Gasteiger partial charge on any atom is 0.229 e. The van der Waals surface area contributed by atoms with Crippen LogP contribution in [0.15, 0.2) is 12.2 Å². The Labute approximate surface area is 102 Å². The third-order valence-electron chi connectivity index (χ3n) is 3.54. The first kappa shape index (κ1) is 12.6. The van der Waals surface area contributed by atoms with Crippen LogP contribution in [-0.4, -0.2) is 49.9 Å². The lowest BCUT2D eigenvalue weighted by Crippen LogP contribution is -2.41. The molecule has 1 amide bonds. The molecular formula is C11H18N2O3S. The fourth-order valence-electron chi connectivity index (χ4n) is 2.43. The standard InChI is InChI=1S/C11H18N2O3S/c1-13(10-4-5-17(15,16)7-10)11(14)8-2-3-9(12)6-8/h2-3,8-10H,4-7,12H2,1H3. The van der Waals surface area contributed by atoms with Crippen LogP contribution in [0.3, 0.4) is 0 Å². The highest BCUT2D eigenvalue weighted by Gasteiger charge is 2.35. The van der Waals surface area contributed by atoms with E-state index >= 15 is 0 Å². The lowest BCUT2D eigenvalue weighted by atomic mass is 10.1. The van der Waals surface area contributed by atoms with Crippen LogP contribution in [0, 0.1) is 5.92 Å². The molecule has 6 heteroatoms. The van der Waals surface area contributed by atoms with Crippen molar-refractivity contribution in [2.45, 2.75) is 24.9 Å². The fraction of sp³-hybridized carbons (Fsp3) is 0.727. The summed E-state index contributed by atoms with van der Waals surface area (Å²) in [5.41, 5.74) is 5.71. The molecule has 0 radical (unpaired) electrons. The molecule has 5 nitrogen and oxygen atoms in total. The number of sulfone groups is 1. The van der Waals surface area contributed by atoms with Gasteiger partial charge in [-0.05, 0) is 12.8 Å². The third-order valence-corrected chi connectivity index (χ3v) is 5.29. The van der Waals surface area contributed by atoms with Crippen LogP contribution >= 0.6 is 0 Å². The maximum absolute atomic E-state index is 12.1. The molecule has 0 spiro atoms. The second kappa shape index (κ2) is 4.42. The Bertz CT molecular complexity index is 444. The van der Waals surface area contributed by atoms with Gasteiger partial charge in [-0.25, -0.2) is 8.42 Å². The number of nitrogens with zero attached hydrogens (tertiary/aromatic N) is 1. The summed E-state index contributed by atoms with van der Waals surface area (Å²) in [5.74, 6) is 0.0853. The summed E-state index contributed by atoms with van der Waals surface area (Å²) < 4.78 is 22.7. The topological polar surface area (TPSA) is 80.5 Å². The Balaban J connectivity index is 1.99. The van der Waals surface area contributed by atoms with E-state index in [1.165, 1.54) is 0 Å². The molecule has 1 aliphatic heterocycles. The molecule has 3 atom stereocenters. The van der Waals surface area contributed by atoms with E-state index in [-0.39, 0.29) is 35.4 Å². The summed E-state index contributed by atoms with van der Waals surface area (Å²) in [6, 6.07) is -0.220. The van der Waals surface area contributed by atoms with Crippen LogP contribution in [0.5, 0.6) is 0 Å². The van der Waals surface area contributed by atoms with Gasteiger partial charge in [0, 0.05) is 19.1 Å². The predicted octanol–water partition coefficient (Wildman–Crippen LogP) is -0.465. The third kappa shape index (κ3) is 2.69. The molecule has 17 heavy (non-hydrogen) atoms. The Kier molecular flexibility index (Phi) is 3.27. The van der Waals surface area contributed by atoms with Gasteiger partial charge in [0.1, 0.15) is 0 Å². The van der Waals surface area contributed by atoms with Crippen molar-refractivity contribution in [2.24, 2.45) is 11.7 Å². The molecule has 0 aromatic heterocycles. The zero-order valence-corrected chi connectivity index (χ0v) is 10.7. The lowest BCUT2D eigenvalue weighted by molar-refractivity contribution is -0.134. The van der Waals surface area contributed by atoms with Gasteiger partial charge < -0.3 is 10.6 Å². The van der Waals surface area contributed by atoms with Gasteiger partial charge in [0.2, 0.25) is 5.91 Å². The molecule has 0 saturated carbocycles. The molecule has 0 aromatic carbocycles. The molecule has 1 fully saturated rings. The maximum atomic E-state index is 12.1. The van der Waals surface area contributed by atoms with Crippen LogP contribution in [-0.2, 0) is 14.6 Å². The van der Waals surface area contributed by atoms with Gasteiger partial charge in [-0.15, -0.1) is 0 Å². The van der Waals surface area contributed by atoms with E-state index < -0.39 is 9.84 Å². The largest absolute Gasteiger partial charge is 0.341 e. The zero-order chi connectivity index (χ0) is 12.6. The summed E-state index contributed by atoms with van der Waals surface area (Å²) in [7, 11) is -1.26. The molecule has 2 N–H and O–H groups in total. The smallest absolute Gasteiger partial charge is 0.229 e. The second-order valence-corrected chi connectivity index (χ2v) is 7.13. The molecule has 2 rings (SSSR count). The van der Waals surface area contributed by atoms with Crippen molar-refractivity contribution in [3.63, 3.8) is 0 Å². The minimum atomic E-state index is -2.94. The van der Waals surface area contributed by atoms with Crippen LogP contribution in [0.1, 0.15) is 12.8 Å². The van der Waals surface area contributed by atoms with Gasteiger partial charge in [0.25, 0.3) is 0 Å². The van der Waals surface area contributed by atoms with Crippen LogP contribution < -0.4 is 5.73 Å². The molecule has 1 aliphatic carbocycles. The van der Waals surface area contributed by atoms with Crippen molar-refractivity contribution in [3.8, 4) is 0 Å². The summed E-state index contributed by atoms with van der Waals surface area (Å²) in [5, 5.41) is 0. The van der Waals surface area contributed by atoms with Crippen LogP contribution in [0.4, 0.5) is 0 Å². The molecule has 0 bridgehead atoms. The summed E-state index contributed by atoms with van der Waals surface area (Å²) >= 11 is 0. The lowest BCUT2D eigenvalue weighted by Gasteiger charge is -2.26. The van der Waals surface area contributed by atoms with Gasteiger partial charge in [-0.3, -0.25) is 4.79 Å². The molecule has 96 valence electrons. The van der Waals surface area contributed by atoms with Gasteiger partial charge in [-0.2, -0.15) is 0 Å². The van der Waals surface area contributed by atoms with Gasteiger partial charge in [0.15, 0.2) is 9.84 Å². The van der Waals surface area contributed by atoms with Crippen molar-refractivity contribution >= 4 is 15.7 Å². The minimum Gasteiger partial charge on any atom is -0.341 e. The van der Waals surface area contributed by atoms with Crippen molar-refractivity contribution in [3.05, 3.63) is 12.2 Å². The summed E-state index contributed by atoms with van der Waals surface area (Å²) in [6.45, 7) is 0. The van der Waals surface area contributed by atoms with Crippen molar-refractivity contribution in [1.82, 2.24) is 4.90 Å². The summed E-state index contributed by atoms with van der Waals surface area (Å²) in [6.07, 6.45) is 4.84. The first-order chi connectivity index (χ1) is 7.89. The van der Waals surface area contributed by atoms with E-state index in [4.69, 9.17) is 5.73 Å². The number of carbonyl (C=O) groups excluding carboxylic acids is 1. The van der Waals surface area contributed by atoms with E-state index in [0.717, 1.165) is 0 Å². The number of nitrogens with two attached hydrogens (primary N) is 1. The molecule has 1 saturated heterocycles. The second-order valence-electron chi connectivity index (χ2n) is 4.90. The average Bonchev–Trinajstić information content (AvgIpc) is 2.82. The molecule has 3 unspecified atom stereocenters. The quantitative estimate of drug-likeness (QED) is 0.679. The van der Waals surface area contributed by atoms with Crippen LogP contribution in [0.25, 0.3) is 0 Å².